The van der Waals surface area contributed by atoms with E-state index in [0.29, 0.717) is 11.8 Å². The minimum atomic E-state index is -5.05. The number of nitrogens with one attached hydrogen (secondary N) is 2. The molecule has 0 bridgehead atoms. The largest absolute Gasteiger partial charge is 0.573 e. The standard InChI is InChI=1S/C28H34F3N3O7S.C24H27F3IN3O5S/c1-18(2)21-9-7-20(8-10-21)16-32-27(38)24-17-33(19(3)35)13-14-34(24)42(39,40)23-11-12-25(41-28(29,30)31)22(15-23)5-4-6-26(36)37;1-15(2)18-6-4-17(5-7-18)13-29-23(33)21-14-30(16(3)32)10-11-31(21)37(34,35)19-8-9-22(20(28)12-19)36-24(25,26)27/h7-12,15,18,24H,4-6,13-14,16-17H2,1-3H3,(H,32,38)(H,36,37);4-9,12,15,21H,10-11,13-14H2,1-3H3,(H,29,33)/t24-;21-/m11/s1. The molecule has 0 aromatic heterocycles. The lowest BCUT2D eigenvalue weighted by molar-refractivity contribution is -0.276. The number of carboxylic acid groups (broad SMARTS) is 1. The highest BCUT2D eigenvalue weighted by Gasteiger charge is 2.43. The second kappa shape index (κ2) is 26.9. The first kappa shape index (κ1) is 63.8. The van der Waals surface area contributed by atoms with Gasteiger partial charge in [0.15, 0.2) is 0 Å². The molecule has 2 saturated heterocycles. The SMILES string of the molecule is CC(=O)N1CCN(S(=O)(=O)c2ccc(OC(F)(F)F)c(CCCC(=O)O)c2)[C@@H](C(=O)NCc2ccc(C(C)C)cc2)C1.CC(=O)N1CCN(S(=O)(=O)c2ccc(OC(F)(F)F)c(I)c2)[C@@H](C(=O)NCc2ccc(C(C)C)cc2)C1. The highest BCUT2D eigenvalue weighted by Crippen LogP contribution is 2.34. The Balaban J connectivity index is 0.000000293. The zero-order valence-electron chi connectivity index (χ0n) is 43.9. The van der Waals surface area contributed by atoms with Crippen LogP contribution in [0.4, 0.5) is 26.3 Å². The van der Waals surface area contributed by atoms with Gasteiger partial charge in [0.25, 0.3) is 0 Å². The molecule has 4 amide bonds. The van der Waals surface area contributed by atoms with E-state index >= 15 is 0 Å². The van der Waals surface area contributed by atoms with Gasteiger partial charge in [-0.2, -0.15) is 8.61 Å². The van der Waals surface area contributed by atoms with Crippen LogP contribution in [-0.2, 0) is 63.5 Å². The summed E-state index contributed by atoms with van der Waals surface area (Å²) in [5.74, 6) is -3.56. The zero-order valence-corrected chi connectivity index (χ0v) is 47.7. The van der Waals surface area contributed by atoms with Gasteiger partial charge in [-0.25, -0.2) is 16.8 Å². The smallest absolute Gasteiger partial charge is 0.481 e. The van der Waals surface area contributed by atoms with Crippen LogP contribution in [0.5, 0.6) is 11.5 Å². The molecule has 0 unspecified atom stereocenters. The number of amides is 4. The van der Waals surface area contributed by atoms with Gasteiger partial charge < -0.3 is 35.0 Å². The first-order chi connectivity index (χ1) is 36.8. The molecular formula is C52H61F6IN6O12S2. The molecule has 4 aromatic rings. The number of aryl methyl sites for hydroxylation is 1. The van der Waals surface area contributed by atoms with Crippen LogP contribution in [0.25, 0.3) is 0 Å². The van der Waals surface area contributed by atoms with E-state index in [0.717, 1.165) is 67.3 Å². The second-order valence-electron chi connectivity index (χ2n) is 19.1. The van der Waals surface area contributed by atoms with Crippen molar-refractivity contribution in [3.8, 4) is 11.5 Å². The zero-order chi connectivity index (χ0) is 58.8. The molecule has 6 rings (SSSR count). The highest BCUT2D eigenvalue weighted by atomic mass is 127. The molecule has 27 heteroatoms. The van der Waals surface area contributed by atoms with Gasteiger partial charge in [-0.05, 0) is 111 Å². The van der Waals surface area contributed by atoms with Crippen LogP contribution in [0, 0.1) is 3.57 Å². The number of alkyl halides is 6. The summed E-state index contributed by atoms with van der Waals surface area (Å²) in [5, 5.41) is 14.4. The summed E-state index contributed by atoms with van der Waals surface area (Å²) in [6.45, 7) is 10.5. The van der Waals surface area contributed by atoms with Crippen molar-refractivity contribution in [2.45, 2.75) is 120 Å². The molecule has 0 saturated carbocycles. The molecule has 2 aliphatic heterocycles. The number of hydrogen-bond donors (Lipinski definition) is 3. The first-order valence-electron chi connectivity index (χ1n) is 24.7. The molecule has 2 heterocycles. The molecule has 2 aliphatic rings. The molecule has 3 N–H and O–H groups in total. The van der Waals surface area contributed by atoms with Crippen LogP contribution in [0.2, 0.25) is 0 Å². The molecule has 2 fully saturated rings. The lowest BCUT2D eigenvalue weighted by Gasteiger charge is -2.39. The summed E-state index contributed by atoms with van der Waals surface area (Å²) in [4.78, 5) is 63.5. The Morgan fingerprint density at radius 2 is 1.01 bits per heavy atom. The fourth-order valence-corrected chi connectivity index (χ4v) is 12.5. The van der Waals surface area contributed by atoms with E-state index in [9.17, 15) is 67.2 Å². The number of carboxylic acids is 1. The summed E-state index contributed by atoms with van der Waals surface area (Å²) in [5.41, 5.74) is 3.70. The summed E-state index contributed by atoms with van der Waals surface area (Å²) >= 11 is 1.55. The topological polar surface area (TPSA) is 229 Å². The van der Waals surface area contributed by atoms with Crippen LogP contribution in [0.3, 0.4) is 0 Å². The third-order valence-corrected chi connectivity index (χ3v) is 17.5. The van der Waals surface area contributed by atoms with Gasteiger partial charge in [0.05, 0.1) is 13.4 Å². The molecule has 2 atom stereocenters. The van der Waals surface area contributed by atoms with E-state index in [4.69, 9.17) is 5.11 Å². The molecule has 0 aliphatic carbocycles. The number of carbonyl (C=O) groups is 5. The van der Waals surface area contributed by atoms with Crippen molar-refractivity contribution in [1.29, 1.82) is 0 Å². The molecular weight excluding hydrogens is 1210 g/mol. The van der Waals surface area contributed by atoms with Gasteiger partial charge in [0.2, 0.25) is 43.7 Å². The number of aliphatic carboxylic acids is 1. The van der Waals surface area contributed by atoms with Gasteiger partial charge in [0.1, 0.15) is 23.6 Å². The number of hydrogen-bond acceptors (Lipinski definition) is 11. The average molecular weight is 1270 g/mol. The Morgan fingerprint density at radius 3 is 1.38 bits per heavy atom. The number of benzene rings is 4. The molecule has 0 radical (unpaired) electrons. The van der Waals surface area contributed by atoms with Gasteiger partial charge in [-0.1, -0.05) is 76.2 Å². The maximum atomic E-state index is 13.8. The van der Waals surface area contributed by atoms with E-state index in [1.54, 1.807) is 22.6 Å². The highest BCUT2D eigenvalue weighted by molar-refractivity contribution is 14.1. The predicted octanol–water partition coefficient (Wildman–Crippen LogP) is 7.50. The minimum Gasteiger partial charge on any atom is -0.481 e. The lowest BCUT2D eigenvalue weighted by atomic mass is 10.0. The van der Waals surface area contributed by atoms with Crippen LogP contribution in [-0.4, -0.2) is 134 Å². The van der Waals surface area contributed by atoms with Crippen LogP contribution in [0.15, 0.2) is 94.7 Å². The molecule has 432 valence electrons. The van der Waals surface area contributed by atoms with Crippen molar-refractivity contribution in [2.24, 2.45) is 0 Å². The average Bonchev–Trinajstić information content (AvgIpc) is 3.45. The van der Waals surface area contributed by atoms with Crippen LogP contribution < -0.4 is 20.1 Å². The Kier molecular flexibility index (Phi) is 21.8. The number of nitrogens with zero attached hydrogens (tertiary/aromatic N) is 4. The minimum absolute atomic E-state index is 0.00967. The van der Waals surface area contributed by atoms with Crippen molar-refractivity contribution < 1.29 is 81.7 Å². The number of carbonyl (C=O) groups excluding carboxylic acids is 4. The van der Waals surface area contributed by atoms with Gasteiger partial charge in [-0.3, -0.25) is 24.0 Å². The Hall–Kier alpha value is -6.04. The molecule has 79 heavy (non-hydrogen) atoms. The Bertz CT molecular complexity index is 3060. The number of sulfonamides is 2. The summed E-state index contributed by atoms with van der Waals surface area (Å²) in [6.07, 6.45) is -10.6. The maximum Gasteiger partial charge on any atom is 0.573 e. The fourth-order valence-electron chi connectivity index (χ4n) is 8.45. The van der Waals surface area contributed by atoms with Gasteiger partial charge in [-0.15, -0.1) is 26.3 Å². The molecule has 0 spiro atoms. The summed E-state index contributed by atoms with van der Waals surface area (Å²) in [6, 6.07) is 18.5. The van der Waals surface area contributed by atoms with Crippen molar-refractivity contribution in [2.75, 3.05) is 39.3 Å². The van der Waals surface area contributed by atoms with E-state index < -0.39 is 74.1 Å². The molecule has 4 aromatic carbocycles. The Labute approximate surface area is 468 Å². The van der Waals surface area contributed by atoms with Crippen molar-refractivity contribution in [1.82, 2.24) is 29.0 Å². The van der Waals surface area contributed by atoms with Gasteiger partial charge >= 0.3 is 18.7 Å². The van der Waals surface area contributed by atoms with E-state index in [1.165, 1.54) is 23.6 Å². The van der Waals surface area contributed by atoms with Crippen molar-refractivity contribution in [3.63, 3.8) is 0 Å². The van der Waals surface area contributed by atoms with E-state index in [1.807, 2.05) is 62.4 Å². The van der Waals surface area contributed by atoms with E-state index in [-0.39, 0.29) is 102 Å². The third kappa shape index (κ3) is 18.0. The fraction of sp³-hybridized carbons (Fsp3) is 0.442. The summed E-state index contributed by atoms with van der Waals surface area (Å²) < 4.78 is 141. The lowest BCUT2D eigenvalue weighted by Crippen LogP contribution is -2.61. The Morgan fingerprint density at radius 1 is 0.620 bits per heavy atom. The molecule has 18 nitrogen and oxygen atoms in total. The quantitative estimate of drug-likeness (QED) is 0.0650. The third-order valence-electron chi connectivity index (χ3n) is 12.8. The van der Waals surface area contributed by atoms with Crippen LogP contribution in [0.1, 0.15) is 94.0 Å². The second-order valence-corrected chi connectivity index (χ2v) is 24.1. The number of rotatable bonds is 18. The van der Waals surface area contributed by atoms with Gasteiger partial charge in [0, 0.05) is 72.6 Å². The van der Waals surface area contributed by atoms with Crippen molar-refractivity contribution >= 4 is 72.2 Å². The first-order valence-corrected chi connectivity index (χ1v) is 28.7. The number of piperazine rings is 2. The normalized spacial score (nSPS) is 16.7. The number of ether oxygens (including phenoxy) is 2. The summed E-state index contributed by atoms with van der Waals surface area (Å²) in [7, 11) is -8.74. The van der Waals surface area contributed by atoms with Crippen molar-refractivity contribution in [3.05, 3.63) is 116 Å². The van der Waals surface area contributed by atoms with Crippen LogP contribution >= 0.6 is 22.6 Å². The maximum absolute atomic E-state index is 13.8. The monoisotopic (exact) mass is 1270 g/mol. The van der Waals surface area contributed by atoms with E-state index in [2.05, 4.69) is 34.0 Å². The number of halogens is 7. The predicted molar refractivity (Wildman–Crippen MR) is 284 cm³/mol.